The molecule has 8 heteroatoms. The summed E-state index contributed by atoms with van der Waals surface area (Å²) in [7, 11) is -3.56. The van der Waals surface area contributed by atoms with Gasteiger partial charge in [0.25, 0.3) is 0 Å². The van der Waals surface area contributed by atoms with Crippen LogP contribution in [0.1, 0.15) is 11.1 Å². The van der Waals surface area contributed by atoms with E-state index < -0.39 is 10.0 Å². The van der Waals surface area contributed by atoms with Crippen LogP contribution in [-0.4, -0.2) is 67.7 Å². The number of halogens is 1. The molecule has 2 aliphatic rings. The molecule has 1 amide bonds. The molecule has 2 heterocycles. The van der Waals surface area contributed by atoms with Crippen molar-refractivity contribution in [3.05, 3.63) is 64.7 Å². The number of benzene rings is 2. The van der Waals surface area contributed by atoms with Crippen LogP contribution in [0.4, 0.5) is 0 Å². The summed E-state index contributed by atoms with van der Waals surface area (Å²) >= 11 is 5.94. The molecular weight excluding hydrogens is 410 g/mol. The average Bonchev–Trinajstić information content (AvgIpc) is 2.74. The van der Waals surface area contributed by atoms with Gasteiger partial charge in [0.05, 0.1) is 11.4 Å². The molecule has 0 unspecified atom stereocenters. The number of amides is 1. The molecule has 29 heavy (non-hydrogen) atoms. The molecule has 0 aromatic heterocycles. The van der Waals surface area contributed by atoms with Crippen LogP contribution in [-0.2, 0) is 27.8 Å². The summed E-state index contributed by atoms with van der Waals surface area (Å²) in [6.45, 7) is 3.52. The zero-order valence-corrected chi connectivity index (χ0v) is 17.7. The van der Waals surface area contributed by atoms with E-state index in [2.05, 4.69) is 12.1 Å². The topological polar surface area (TPSA) is 60.9 Å². The van der Waals surface area contributed by atoms with Crippen LogP contribution in [0.25, 0.3) is 0 Å². The van der Waals surface area contributed by atoms with Crippen LogP contribution in [0.15, 0.2) is 53.4 Å². The summed E-state index contributed by atoms with van der Waals surface area (Å²) in [5, 5.41) is 0.401. The highest BCUT2D eigenvalue weighted by molar-refractivity contribution is 7.89. The highest BCUT2D eigenvalue weighted by Crippen LogP contribution is 2.22. The molecular formula is C21H24ClN3O3S. The first-order chi connectivity index (χ1) is 13.9. The Labute approximate surface area is 176 Å². The van der Waals surface area contributed by atoms with Crippen LogP contribution in [0, 0.1) is 0 Å². The SMILES string of the molecule is O=C(CN1CCN(S(=O)(=O)c2cccc(Cl)c2)CC1)N1CCc2ccccc2C1. The van der Waals surface area contributed by atoms with Crippen molar-refractivity contribution in [1.82, 2.24) is 14.1 Å². The van der Waals surface area contributed by atoms with Gasteiger partial charge in [-0.25, -0.2) is 8.42 Å². The molecule has 0 bridgehead atoms. The van der Waals surface area contributed by atoms with Gasteiger partial charge in [-0.05, 0) is 35.7 Å². The molecule has 2 aliphatic heterocycles. The number of nitrogens with zero attached hydrogens (tertiary/aromatic N) is 3. The van der Waals surface area contributed by atoms with Crippen LogP contribution < -0.4 is 0 Å². The van der Waals surface area contributed by atoms with Crippen molar-refractivity contribution < 1.29 is 13.2 Å². The van der Waals surface area contributed by atoms with Gasteiger partial charge in [0.1, 0.15) is 0 Å². The zero-order chi connectivity index (χ0) is 20.4. The van der Waals surface area contributed by atoms with Gasteiger partial charge in [0, 0.05) is 44.3 Å². The van der Waals surface area contributed by atoms with Crippen molar-refractivity contribution in [3.63, 3.8) is 0 Å². The minimum atomic E-state index is -3.56. The van der Waals surface area contributed by atoms with Crippen molar-refractivity contribution in [2.75, 3.05) is 39.3 Å². The minimum Gasteiger partial charge on any atom is -0.337 e. The number of rotatable bonds is 4. The summed E-state index contributed by atoms with van der Waals surface area (Å²) in [4.78, 5) is 16.9. The van der Waals surface area contributed by atoms with E-state index in [1.807, 2.05) is 21.9 Å². The molecule has 0 aliphatic carbocycles. The standard InChI is InChI=1S/C21H24ClN3O3S/c22-19-6-3-7-20(14-19)29(27,28)25-12-10-23(11-13-25)16-21(26)24-9-8-17-4-1-2-5-18(17)15-24/h1-7,14H,8-13,15-16H2. The zero-order valence-electron chi connectivity index (χ0n) is 16.1. The minimum absolute atomic E-state index is 0.102. The molecule has 1 fully saturated rings. The van der Waals surface area contributed by atoms with E-state index in [0.717, 1.165) is 13.0 Å². The van der Waals surface area contributed by atoms with Gasteiger partial charge in [-0.15, -0.1) is 0 Å². The number of carbonyl (C=O) groups is 1. The fourth-order valence-corrected chi connectivity index (χ4v) is 5.63. The van der Waals surface area contributed by atoms with Crippen LogP contribution in [0.2, 0.25) is 5.02 Å². The second-order valence-corrected chi connectivity index (χ2v) is 9.85. The lowest BCUT2D eigenvalue weighted by atomic mass is 10.00. The number of hydrogen-bond acceptors (Lipinski definition) is 4. The average molecular weight is 434 g/mol. The lowest BCUT2D eigenvalue weighted by Crippen LogP contribution is -2.51. The summed E-state index contributed by atoms with van der Waals surface area (Å²) in [6, 6.07) is 14.6. The first-order valence-electron chi connectivity index (χ1n) is 9.76. The molecule has 4 rings (SSSR count). The quantitative estimate of drug-likeness (QED) is 0.741. The van der Waals surface area contributed by atoms with Gasteiger partial charge in [0.2, 0.25) is 15.9 Å². The van der Waals surface area contributed by atoms with E-state index in [9.17, 15) is 13.2 Å². The Hall–Kier alpha value is -1.93. The number of piperazine rings is 1. The summed E-state index contributed by atoms with van der Waals surface area (Å²) in [5.74, 6) is 0.102. The Morgan fingerprint density at radius 1 is 0.931 bits per heavy atom. The van der Waals surface area contributed by atoms with E-state index in [4.69, 9.17) is 11.6 Å². The van der Waals surface area contributed by atoms with Gasteiger partial charge >= 0.3 is 0 Å². The van der Waals surface area contributed by atoms with E-state index in [1.54, 1.807) is 18.2 Å². The molecule has 0 atom stereocenters. The molecule has 0 saturated carbocycles. The second-order valence-electron chi connectivity index (χ2n) is 7.47. The Morgan fingerprint density at radius 2 is 1.66 bits per heavy atom. The highest BCUT2D eigenvalue weighted by atomic mass is 35.5. The lowest BCUT2D eigenvalue weighted by molar-refractivity contribution is -0.133. The largest absolute Gasteiger partial charge is 0.337 e. The van der Waals surface area contributed by atoms with Gasteiger partial charge in [-0.3, -0.25) is 9.69 Å². The highest BCUT2D eigenvalue weighted by Gasteiger charge is 2.30. The Morgan fingerprint density at radius 3 is 2.38 bits per heavy atom. The number of fused-ring (bicyclic) bond motifs is 1. The molecule has 0 radical (unpaired) electrons. The second kappa shape index (κ2) is 8.44. The molecule has 0 spiro atoms. The Bertz CT molecular complexity index is 1000. The monoisotopic (exact) mass is 433 g/mol. The van der Waals surface area contributed by atoms with Crippen molar-refractivity contribution in [3.8, 4) is 0 Å². The van der Waals surface area contributed by atoms with Crippen LogP contribution >= 0.6 is 11.6 Å². The first kappa shape index (κ1) is 20.3. The Kier molecular flexibility index (Phi) is 5.92. The third-order valence-electron chi connectivity index (χ3n) is 5.61. The maximum Gasteiger partial charge on any atom is 0.243 e. The van der Waals surface area contributed by atoms with E-state index >= 15 is 0 Å². The molecule has 2 aromatic carbocycles. The van der Waals surface area contributed by atoms with E-state index in [-0.39, 0.29) is 10.8 Å². The fourth-order valence-electron chi connectivity index (χ4n) is 3.90. The summed E-state index contributed by atoms with van der Waals surface area (Å²) < 4.78 is 27.1. The van der Waals surface area contributed by atoms with Crippen molar-refractivity contribution >= 4 is 27.5 Å². The van der Waals surface area contributed by atoms with E-state index in [1.165, 1.54) is 21.5 Å². The van der Waals surface area contributed by atoms with E-state index in [0.29, 0.717) is 44.3 Å². The maximum absolute atomic E-state index is 12.8. The number of hydrogen-bond donors (Lipinski definition) is 0. The van der Waals surface area contributed by atoms with Crippen molar-refractivity contribution in [2.24, 2.45) is 0 Å². The van der Waals surface area contributed by atoms with Gasteiger partial charge in [-0.2, -0.15) is 4.31 Å². The molecule has 2 aromatic rings. The number of sulfonamides is 1. The molecule has 6 nitrogen and oxygen atoms in total. The normalized spacial score (nSPS) is 18.4. The van der Waals surface area contributed by atoms with Crippen LogP contribution in [0.5, 0.6) is 0 Å². The van der Waals surface area contributed by atoms with Gasteiger partial charge < -0.3 is 4.90 Å². The maximum atomic E-state index is 12.8. The number of carbonyl (C=O) groups excluding carboxylic acids is 1. The lowest BCUT2D eigenvalue weighted by Gasteiger charge is -2.35. The molecule has 0 N–H and O–H groups in total. The first-order valence-corrected chi connectivity index (χ1v) is 11.6. The van der Waals surface area contributed by atoms with Crippen LogP contribution in [0.3, 0.4) is 0 Å². The van der Waals surface area contributed by atoms with Crippen molar-refractivity contribution in [1.29, 1.82) is 0 Å². The third kappa shape index (κ3) is 4.48. The third-order valence-corrected chi connectivity index (χ3v) is 7.74. The summed E-state index contributed by atoms with van der Waals surface area (Å²) in [6.07, 6.45) is 0.883. The molecule has 1 saturated heterocycles. The summed E-state index contributed by atoms with van der Waals surface area (Å²) in [5.41, 5.74) is 2.53. The Balaban J connectivity index is 1.33. The molecule has 154 valence electrons. The van der Waals surface area contributed by atoms with Gasteiger partial charge in [-0.1, -0.05) is 41.9 Å². The predicted molar refractivity (Wildman–Crippen MR) is 112 cm³/mol. The fraction of sp³-hybridized carbons (Fsp3) is 0.381. The predicted octanol–water partition coefficient (Wildman–Crippen LogP) is 2.23. The smallest absolute Gasteiger partial charge is 0.243 e. The van der Waals surface area contributed by atoms with Gasteiger partial charge in [0.15, 0.2) is 0 Å². The van der Waals surface area contributed by atoms with Crippen molar-refractivity contribution in [2.45, 2.75) is 17.9 Å².